The van der Waals surface area contributed by atoms with Gasteiger partial charge in [-0.1, -0.05) is 72.8 Å². The van der Waals surface area contributed by atoms with Crippen LogP contribution in [-0.4, -0.2) is 33.1 Å². The highest BCUT2D eigenvalue weighted by atomic mass is 16.3. The molecule has 2 heterocycles. The second kappa shape index (κ2) is 11.2. The van der Waals surface area contributed by atoms with Gasteiger partial charge in [0.2, 0.25) is 0 Å². The number of hydrogen-bond donors (Lipinski definition) is 3. The number of rotatable bonds is 8. The van der Waals surface area contributed by atoms with Crippen LogP contribution in [0.5, 0.6) is 0 Å². The van der Waals surface area contributed by atoms with Gasteiger partial charge < -0.3 is 15.7 Å². The van der Waals surface area contributed by atoms with Crippen LogP contribution < -0.4 is 10.6 Å². The van der Waals surface area contributed by atoms with Gasteiger partial charge in [0.15, 0.2) is 0 Å². The Bertz CT molecular complexity index is 1260. The minimum absolute atomic E-state index is 0.0615. The summed E-state index contributed by atoms with van der Waals surface area (Å²) in [5.41, 5.74) is 4.72. The fourth-order valence-electron chi connectivity index (χ4n) is 4.71. The molecule has 0 saturated carbocycles. The number of benzene rings is 3. The van der Waals surface area contributed by atoms with Gasteiger partial charge in [0.05, 0.1) is 12.6 Å². The zero-order valence-electron chi connectivity index (χ0n) is 20.0. The predicted molar refractivity (Wildman–Crippen MR) is 140 cm³/mol. The first-order valence-electron chi connectivity index (χ1n) is 12.4. The van der Waals surface area contributed by atoms with E-state index in [-0.39, 0.29) is 18.5 Å². The van der Waals surface area contributed by atoms with Crippen LogP contribution in [0.4, 0.5) is 0 Å². The first kappa shape index (κ1) is 23.9. The Morgan fingerprint density at radius 3 is 2.25 bits per heavy atom. The molecule has 1 saturated heterocycles. The molecular weight excluding hydrogens is 448 g/mol. The van der Waals surface area contributed by atoms with Crippen molar-refractivity contribution < 1.29 is 9.90 Å². The molecular formula is C30H30N4O2. The van der Waals surface area contributed by atoms with Gasteiger partial charge in [-0.2, -0.15) is 0 Å². The fraction of sp³-hybridized carbons (Fsp3) is 0.233. The van der Waals surface area contributed by atoms with E-state index in [9.17, 15) is 9.90 Å². The number of carbonyl (C=O) groups excluding carboxylic acids is 1. The molecule has 5 rings (SSSR count). The highest BCUT2D eigenvalue weighted by molar-refractivity contribution is 5.94. The normalized spacial score (nSPS) is 18.0. The van der Waals surface area contributed by atoms with Crippen LogP contribution in [0.1, 0.15) is 46.3 Å². The van der Waals surface area contributed by atoms with Crippen molar-refractivity contribution in [3.05, 3.63) is 120 Å². The Balaban J connectivity index is 1.10. The van der Waals surface area contributed by atoms with E-state index < -0.39 is 6.10 Å². The van der Waals surface area contributed by atoms with Gasteiger partial charge in [-0.25, -0.2) is 9.97 Å². The first-order chi connectivity index (χ1) is 17.7. The third-order valence-corrected chi connectivity index (χ3v) is 6.72. The highest BCUT2D eigenvalue weighted by Crippen LogP contribution is 2.26. The molecule has 0 bridgehead atoms. The number of amides is 1. The molecule has 0 aliphatic carbocycles. The number of nitrogens with zero attached hydrogens (tertiary/aromatic N) is 2. The average molecular weight is 479 g/mol. The van der Waals surface area contributed by atoms with Crippen LogP contribution in [0.3, 0.4) is 0 Å². The smallest absolute Gasteiger partial charge is 0.251 e. The van der Waals surface area contributed by atoms with Crippen LogP contribution >= 0.6 is 0 Å². The largest absolute Gasteiger partial charge is 0.387 e. The summed E-state index contributed by atoms with van der Waals surface area (Å²) in [7, 11) is 0. The summed E-state index contributed by atoms with van der Waals surface area (Å²) in [6.07, 6.45) is 5.87. The summed E-state index contributed by atoms with van der Waals surface area (Å²) in [6.45, 7) is 0.271. The van der Waals surface area contributed by atoms with Crippen molar-refractivity contribution in [2.75, 3.05) is 0 Å². The molecule has 0 spiro atoms. The number of carbonyl (C=O) groups is 1. The Kier molecular flexibility index (Phi) is 7.45. The number of aliphatic hydroxyl groups is 1. The zero-order valence-corrected chi connectivity index (χ0v) is 20.0. The Labute approximate surface area is 211 Å². The van der Waals surface area contributed by atoms with E-state index in [1.54, 1.807) is 12.4 Å². The van der Waals surface area contributed by atoms with Crippen molar-refractivity contribution in [3.63, 3.8) is 0 Å². The molecule has 36 heavy (non-hydrogen) atoms. The van der Waals surface area contributed by atoms with Gasteiger partial charge in [-0.15, -0.1) is 0 Å². The number of hydrogen-bond acceptors (Lipinski definition) is 5. The lowest BCUT2D eigenvalue weighted by atomic mass is 10.0. The molecule has 6 heteroatoms. The number of aromatic nitrogens is 2. The predicted octanol–water partition coefficient (Wildman–Crippen LogP) is 4.47. The number of nitrogens with one attached hydrogen (secondary N) is 2. The Hall–Kier alpha value is -3.87. The lowest BCUT2D eigenvalue weighted by molar-refractivity contribution is 0.0950. The summed E-state index contributed by atoms with van der Waals surface area (Å²) in [4.78, 5) is 21.4. The van der Waals surface area contributed by atoms with Crippen molar-refractivity contribution in [3.8, 4) is 11.1 Å². The van der Waals surface area contributed by atoms with E-state index >= 15 is 0 Å². The molecule has 3 aromatic carbocycles. The van der Waals surface area contributed by atoms with E-state index in [4.69, 9.17) is 0 Å². The second-order valence-electron chi connectivity index (χ2n) is 9.24. The van der Waals surface area contributed by atoms with E-state index in [2.05, 4.69) is 20.6 Å². The number of aliphatic hydroxyl groups excluding tert-OH is 1. The molecule has 3 atom stereocenters. The maximum Gasteiger partial charge on any atom is 0.251 e. The van der Waals surface area contributed by atoms with Crippen LogP contribution in [0.2, 0.25) is 0 Å². The topological polar surface area (TPSA) is 87.1 Å². The zero-order chi connectivity index (χ0) is 24.7. The summed E-state index contributed by atoms with van der Waals surface area (Å²) < 4.78 is 0. The third-order valence-electron chi connectivity index (χ3n) is 6.72. The molecule has 4 aromatic rings. The van der Waals surface area contributed by atoms with E-state index in [0.717, 1.165) is 36.0 Å². The molecule has 1 aliphatic rings. The molecule has 182 valence electrons. The van der Waals surface area contributed by atoms with Crippen molar-refractivity contribution in [2.24, 2.45) is 0 Å². The third kappa shape index (κ3) is 5.85. The average Bonchev–Trinajstić information content (AvgIpc) is 3.41. The molecule has 0 unspecified atom stereocenters. The molecule has 3 N–H and O–H groups in total. The van der Waals surface area contributed by atoms with Crippen molar-refractivity contribution in [1.29, 1.82) is 0 Å². The summed E-state index contributed by atoms with van der Waals surface area (Å²) in [5.74, 6) is 0.418. The minimum Gasteiger partial charge on any atom is -0.387 e. The fourth-order valence-corrected chi connectivity index (χ4v) is 4.71. The van der Waals surface area contributed by atoms with Crippen LogP contribution in [-0.2, 0) is 13.0 Å². The molecule has 1 fully saturated rings. The quantitative estimate of drug-likeness (QED) is 0.348. The molecule has 0 radical (unpaired) electrons. The Morgan fingerprint density at radius 1 is 0.889 bits per heavy atom. The summed E-state index contributed by atoms with van der Waals surface area (Å²) >= 11 is 0. The molecule has 6 nitrogen and oxygen atoms in total. The van der Waals surface area contributed by atoms with Crippen LogP contribution in [0, 0.1) is 0 Å². The Morgan fingerprint density at radius 2 is 1.56 bits per heavy atom. The standard InChI is InChI=1S/C30H30N4O2/c35-29(23-9-5-2-6-10-23)27-16-15-26(34-27)17-21-11-13-24(14-12-21)30(36)33-20-28-31-18-25(19-32-28)22-7-3-1-4-8-22/h1-14,18-19,26-27,29,34-35H,15-17,20H2,(H,33,36)/t26-,27+,29+/m0/s1. The SMILES string of the molecule is O=C(NCc1ncc(-c2ccccc2)cn1)c1ccc(C[C@@H]2CC[C@H]([C@H](O)c3ccccc3)N2)cc1. The van der Waals surface area contributed by atoms with E-state index in [1.165, 1.54) is 5.56 Å². The van der Waals surface area contributed by atoms with Gasteiger partial charge in [-0.05, 0) is 48.1 Å². The van der Waals surface area contributed by atoms with Gasteiger partial charge in [-0.3, -0.25) is 4.79 Å². The highest BCUT2D eigenvalue weighted by Gasteiger charge is 2.29. The molecule has 1 aromatic heterocycles. The minimum atomic E-state index is -0.499. The second-order valence-corrected chi connectivity index (χ2v) is 9.24. The monoisotopic (exact) mass is 478 g/mol. The van der Waals surface area contributed by atoms with E-state index in [1.807, 2.05) is 84.9 Å². The lowest BCUT2D eigenvalue weighted by Gasteiger charge is -2.20. The summed E-state index contributed by atoms with van der Waals surface area (Å²) in [6, 6.07) is 27.9. The maximum atomic E-state index is 12.6. The van der Waals surface area contributed by atoms with Gasteiger partial charge in [0, 0.05) is 35.6 Å². The summed E-state index contributed by atoms with van der Waals surface area (Å²) in [5, 5.41) is 17.2. The van der Waals surface area contributed by atoms with Gasteiger partial charge in [0.1, 0.15) is 5.82 Å². The van der Waals surface area contributed by atoms with Crippen molar-refractivity contribution in [2.45, 2.75) is 44.0 Å². The maximum absolute atomic E-state index is 12.6. The first-order valence-corrected chi connectivity index (χ1v) is 12.4. The molecule has 1 amide bonds. The molecule has 1 aliphatic heterocycles. The van der Waals surface area contributed by atoms with Crippen molar-refractivity contribution in [1.82, 2.24) is 20.6 Å². The van der Waals surface area contributed by atoms with Crippen LogP contribution in [0.25, 0.3) is 11.1 Å². The van der Waals surface area contributed by atoms with Crippen LogP contribution in [0.15, 0.2) is 97.3 Å². The van der Waals surface area contributed by atoms with Gasteiger partial charge >= 0.3 is 0 Å². The van der Waals surface area contributed by atoms with Crippen molar-refractivity contribution >= 4 is 5.91 Å². The van der Waals surface area contributed by atoms with E-state index in [0.29, 0.717) is 17.4 Å². The van der Waals surface area contributed by atoms with Gasteiger partial charge in [0.25, 0.3) is 5.91 Å². The lowest BCUT2D eigenvalue weighted by Crippen LogP contribution is -2.35.